The fourth-order valence-electron chi connectivity index (χ4n) is 1.72. The van der Waals surface area contributed by atoms with Gasteiger partial charge in [0, 0.05) is 13.5 Å². The number of carboxylic acids is 1. The van der Waals surface area contributed by atoms with Crippen molar-refractivity contribution in [3.8, 4) is 5.75 Å². The van der Waals surface area contributed by atoms with Gasteiger partial charge in [-0.25, -0.2) is 0 Å². The number of aryl methyl sites for hydroxylation is 1. The molecule has 0 radical (unpaired) electrons. The smallest absolute Gasteiger partial charge is 0.303 e. The van der Waals surface area contributed by atoms with E-state index in [9.17, 15) is 9.59 Å². The van der Waals surface area contributed by atoms with E-state index in [0.29, 0.717) is 17.9 Å². The molecule has 1 heterocycles. The van der Waals surface area contributed by atoms with E-state index in [4.69, 9.17) is 9.84 Å². The van der Waals surface area contributed by atoms with Crippen molar-refractivity contribution >= 4 is 17.6 Å². The number of likely N-dealkylation sites (N-methyl/N-ethyl adjacent to an activating group) is 1. The molecule has 1 aromatic rings. The van der Waals surface area contributed by atoms with Gasteiger partial charge < -0.3 is 14.7 Å². The molecule has 0 bridgehead atoms. The second-order valence-electron chi connectivity index (χ2n) is 3.94. The summed E-state index contributed by atoms with van der Waals surface area (Å²) >= 11 is 0. The number of carboxylic acid groups (broad SMARTS) is 1. The summed E-state index contributed by atoms with van der Waals surface area (Å²) in [5.41, 5.74) is 1.58. The highest BCUT2D eigenvalue weighted by molar-refractivity contribution is 5.97. The summed E-state index contributed by atoms with van der Waals surface area (Å²) in [4.78, 5) is 23.5. The summed E-state index contributed by atoms with van der Waals surface area (Å²) in [5, 5.41) is 8.62. The van der Waals surface area contributed by atoms with Crippen molar-refractivity contribution in [3.05, 3.63) is 23.8 Å². The number of benzene rings is 1. The average molecular weight is 235 g/mol. The van der Waals surface area contributed by atoms with E-state index in [1.807, 2.05) is 6.07 Å². The van der Waals surface area contributed by atoms with Crippen LogP contribution in [0.4, 0.5) is 5.69 Å². The summed E-state index contributed by atoms with van der Waals surface area (Å²) in [6.45, 7) is 0.0535. The van der Waals surface area contributed by atoms with E-state index in [0.717, 1.165) is 5.56 Å². The molecule has 1 aliphatic rings. The summed E-state index contributed by atoms with van der Waals surface area (Å²) < 4.78 is 5.28. The maximum Gasteiger partial charge on any atom is 0.303 e. The van der Waals surface area contributed by atoms with E-state index in [1.54, 1.807) is 19.2 Å². The molecule has 17 heavy (non-hydrogen) atoms. The summed E-state index contributed by atoms with van der Waals surface area (Å²) in [7, 11) is 1.69. The predicted molar refractivity (Wildman–Crippen MR) is 61.3 cm³/mol. The number of nitrogens with zero attached hydrogens (tertiary/aromatic N) is 1. The Kier molecular flexibility index (Phi) is 2.99. The van der Waals surface area contributed by atoms with Crippen LogP contribution in [0.3, 0.4) is 0 Å². The van der Waals surface area contributed by atoms with Gasteiger partial charge in [-0.1, -0.05) is 6.07 Å². The minimum Gasteiger partial charge on any atom is -0.482 e. The minimum absolute atomic E-state index is 0.0535. The lowest BCUT2D eigenvalue weighted by Crippen LogP contribution is -2.35. The van der Waals surface area contributed by atoms with E-state index < -0.39 is 5.97 Å². The first-order valence-corrected chi connectivity index (χ1v) is 5.32. The molecule has 5 heteroatoms. The molecule has 0 unspecified atom stereocenters. The Labute approximate surface area is 98.6 Å². The van der Waals surface area contributed by atoms with Crippen LogP contribution in [0.25, 0.3) is 0 Å². The number of carbonyl (C=O) groups is 2. The Morgan fingerprint density at radius 3 is 3.00 bits per heavy atom. The van der Waals surface area contributed by atoms with Crippen molar-refractivity contribution in [3.63, 3.8) is 0 Å². The Morgan fingerprint density at radius 2 is 2.29 bits per heavy atom. The second kappa shape index (κ2) is 4.45. The zero-order valence-electron chi connectivity index (χ0n) is 9.47. The van der Waals surface area contributed by atoms with Crippen LogP contribution in [0.1, 0.15) is 12.0 Å². The summed E-state index contributed by atoms with van der Waals surface area (Å²) in [6, 6.07) is 5.40. The molecule has 0 saturated carbocycles. The molecule has 1 amide bonds. The largest absolute Gasteiger partial charge is 0.482 e. The molecule has 0 spiro atoms. The van der Waals surface area contributed by atoms with Crippen LogP contribution in [-0.4, -0.2) is 30.6 Å². The molecular weight excluding hydrogens is 222 g/mol. The van der Waals surface area contributed by atoms with Crippen molar-refractivity contribution in [1.29, 1.82) is 0 Å². The zero-order valence-corrected chi connectivity index (χ0v) is 9.47. The topological polar surface area (TPSA) is 66.8 Å². The third-order valence-electron chi connectivity index (χ3n) is 2.74. The van der Waals surface area contributed by atoms with Gasteiger partial charge in [-0.3, -0.25) is 9.59 Å². The number of hydrogen-bond acceptors (Lipinski definition) is 3. The Balaban J connectivity index is 2.23. The summed E-state index contributed by atoms with van der Waals surface area (Å²) in [5.74, 6) is -0.275. The van der Waals surface area contributed by atoms with Crippen LogP contribution < -0.4 is 9.64 Å². The van der Waals surface area contributed by atoms with Gasteiger partial charge in [-0.05, 0) is 24.1 Å². The Hall–Kier alpha value is -2.04. The first-order chi connectivity index (χ1) is 8.08. The Morgan fingerprint density at radius 1 is 1.53 bits per heavy atom. The van der Waals surface area contributed by atoms with E-state index in [2.05, 4.69) is 0 Å². The second-order valence-corrected chi connectivity index (χ2v) is 3.94. The van der Waals surface area contributed by atoms with Crippen molar-refractivity contribution in [2.75, 3.05) is 18.6 Å². The van der Waals surface area contributed by atoms with Gasteiger partial charge in [0.15, 0.2) is 6.61 Å². The van der Waals surface area contributed by atoms with Crippen molar-refractivity contribution in [2.24, 2.45) is 0 Å². The standard InChI is InChI=1S/C12H13NO4/c1-13-9-6-8(3-5-12(15)16)2-4-10(9)17-7-11(13)14/h2,4,6H,3,5,7H2,1H3,(H,15,16). The van der Waals surface area contributed by atoms with Crippen LogP contribution in [-0.2, 0) is 16.0 Å². The number of carbonyl (C=O) groups excluding carboxylic acids is 1. The first-order valence-electron chi connectivity index (χ1n) is 5.32. The molecule has 0 fully saturated rings. The molecule has 90 valence electrons. The quantitative estimate of drug-likeness (QED) is 0.850. The van der Waals surface area contributed by atoms with Crippen LogP contribution in [0.15, 0.2) is 18.2 Å². The maximum absolute atomic E-state index is 11.4. The molecule has 0 aliphatic carbocycles. The third-order valence-corrected chi connectivity index (χ3v) is 2.74. The number of amides is 1. The SMILES string of the molecule is CN1C(=O)COc2ccc(CCC(=O)O)cc21. The van der Waals surface area contributed by atoms with Gasteiger partial charge in [-0.2, -0.15) is 0 Å². The predicted octanol–water partition coefficient (Wildman–Crippen LogP) is 1.06. The van der Waals surface area contributed by atoms with Crippen LogP contribution in [0.2, 0.25) is 0 Å². The number of fused-ring (bicyclic) bond motifs is 1. The number of hydrogen-bond donors (Lipinski definition) is 1. The molecule has 1 aliphatic heterocycles. The molecule has 2 rings (SSSR count). The molecular formula is C12H13NO4. The number of aliphatic carboxylic acids is 1. The number of rotatable bonds is 3. The average Bonchev–Trinajstić information content (AvgIpc) is 2.31. The molecule has 0 atom stereocenters. The van der Waals surface area contributed by atoms with Gasteiger partial charge in [0.25, 0.3) is 5.91 Å². The lowest BCUT2D eigenvalue weighted by molar-refractivity contribution is -0.137. The number of anilines is 1. The van der Waals surface area contributed by atoms with Crippen molar-refractivity contribution in [2.45, 2.75) is 12.8 Å². The maximum atomic E-state index is 11.4. The lowest BCUT2D eigenvalue weighted by atomic mass is 10.1. The van der Waals surface area contributed by atoms with E-state index >= 15 is 0 Å². The van der Waals surface area contributed by atoms with Crippen molar-refractivity contribution < 1.29 is 19.4 Å². The van der Waals surface area contributed by atoms with Crippen LogP contribution in [0.5, 0.6) is 5.75 Å². The van der Waals surface area contributed by atoms with E-state index in [-0.39, 0.29) is 18.9 Å². The van der Waals surface area contributed by atoms with Gasteiger partial charge in [0.1, 0.15) is 5.75 Å². The zero-order chi connectivity index (χ0) is 12.4. The lowest BCUT2D eigenvalue weighted by Gasteiger charge is -2.26. The van der Waals surface area contributed by atoms with Crippen LogP contribution in [0, 0.1) is 0 Å². The first kappa shape index (κ1) is 11.4. The van der Waals surface area contributed by atoms with Gasteiger partial charge in [0.05, 0.1) is 5.69 Å². The number of ether oxygens (including phenoxy) is 1. The van der Waals surface area contributed by atoms with Gasteiger partial charge in [-0.15, -0.1) is 0 Å². The van der Waals surface area contributed by atoms with Gasteiger partial charge in [0.2, 0.25) is 0 Å². The highest BCUT2D eigenvalue weighted by Gasteiger charge is 2.22. The third kappa shape index (κ3) is 2.38. The summed E-state index contributed by atoms with van der Waals surface area (Å²) in [6.07, 6.45) is 0.530. The van der Waals surface area contributed by atoms with E-state index in [1.165, 1.54) is 4.90 Å². The normalized spacial score (nSPS) is 14.2. The van der Waals surface area contributed by atoms with Gasteiger partial charge >= 0.3 is 5.97 Å². The minimum atomic E-state index is -0.830. The molecule has 1 aromatic carbocycles. The highest BCUT2D eigenvalue weighted by atomic mass is 16.5. The highest BCUT2D eigenvalue weighted by Crippen LogP contribution is 2.32. The molecule has 1 N–H and O–H groups in total. The monoisotopic (exact) mass is 235 g/mol. The molecule has 0 aromatic heterocycles. The molecule has 5 nitrogen and oxygen atoms in total. The Bertz CT molecular complexity index is 470. The van der Waals surface area contributed by atoms with Crippen molar-refractivity contribution in [1.82, 2.24) is 0 Å². The fraction of sp³-hybridized carbons (Fsp3) is 0.333. The van der Waals surface area contributed by atoms with Crippen LogP contribution >= 0.6 is 0 Å². The molecule has 0 saturated heterocycles. The fourth-order valence-corrected chi connectivity index (χ4v) is 1.72.